The number of hydrogen-bond donors (Lipinski definition) is 1. The van der Waals surface area contributed by atoms with Gasteiger partial charge in [-0.25, -0.2) is 4.98 Å². The molecule has 5 nitrogen and oxygen atoms in total. The van der Waals surface area contributed by atoms with E-state index < -0.39 is 0 Å². The van der Waals surface area contributed by atoms with Crippen molar-refractivity contribution in [2.24, 2.45) is 0 Å². The molecule has 2 N–H and O–H groups in total. The van der Waals surface area contributed by atoms with Crippen LogP contribution in [0.15, 0.2) is 6.33 Å². The third-order valence-electron chi connectivity index (χ3n) is 3.73. The topological polar surface area (TPSA) is 64.3 Å². The zero-order chi connectivity index (χ0) is 13.7. The largest absolute Gasteiger partial charge is 0.476 e. The second kappa shape index (κ2) is 6.59. The van der Waals surface area contributed by atoms with E-state index in [0.29, 0.717) is 24.2 Å². The SMILES string of the molecule is CCOc1ncnc(N2CCCCCC2CC)c1N. The number of hydrogen-bond acceptors (Lipinski definition) is 5. The molecule has 1 atom stereocenters. The Morgan fingerprint density at radius 2 is 2.16 bits per heavy atom. The molecule has 1 fully saturated rings. The Kier molecular flexibility index (Phi) is 4.82. The molecule has 0 bridgehead atoms. The summed E-state index contributed by atoms with van der Waals surface area (Å²) in [5, 5.41) is 0. The van der Waals surface area contributed by atoms with Crippen molar-refractivity contribution in [3.63, 3.8) is 0 Å². The van der Waals surface area contributed by atoms with Crippen molar-refractivity contribution in [2.75, 3.05) is 23.8 Å². The number of nitrogen functional groups attached to an aromatic ring is 1. The quantitative estimate of drug-likeness (QED) is 0.905. The van der Waals surface area contributed by atoms with Crippen molar-refractivity contribution in [3.8, 4) is 5.88 Å². The summed E-state index contributed by atoms with van der Waals surface area (Å²) >= 11 is 0. The fraction of sp³-hybridized carbons (Fsp3) is 0.714. The molecular weight excluding hydrogens is 240 g/mol. The number of nitrogens with two attached hydrogens (primary N) is 1. The van der Waals surface area contributed by atoms with Crippen LogP contribution in [0, 0.1) is 0 Å². The second-order valence-electron chi connectivity index (χ2n) is 4.95. The molecule has 2 rings (SSSR count). The van der Waals surface area contributed by atoms with Gasteiger partial charge in [0.25, 0.3) is 0 Å². The molecule has 106 valence electrons. The smallest absolute Gasteiger partial charge is 0.242 e. The molecule has 1 unspecified atom stereocenters. The standard InChI is InChI=1S/C14H24N4O/c1-3-11-8-6-5-7-9-18(11)13-12(15)14(19-4-2)17-10-16-13/h10-11H,3-9,15H2,1-2H3. The molecule has 1 saturated heterocycles. The van der Waals surface area contributed by atoms with Crippen LogP contribution in [0.4, 0.5) is 11.5 Å². The molecule has 0 saturated carbocycles. The fourth-order valence-corrected chi connectivity index (χ4v) is 2.73. The summed E-state index contributed by atoms with van der Waals surface area (Å²) in [5.74, 6) is 1.35. The van der Waals surface area contributed by atoms with E-state index in [0.717, 1.165) is 18.8 Å². The maximum Gasteiger partial charge on any atom is 0.242 e. The van der Waals surface area contributed by atoms with Crippen LogP contribution in [-0.4, -0.2) is 29.2 Å². The van der Waals surface area contributed by atoms with Gasteiger partial charge in [0, 0.05) is 12.6 Å². The molecule has 0 aliphatic carbocycles. The van der Waals surface area contributed by atoms with Crippen molar-refractivity contribution >= 4 is 11.5 Å². The first-order chi connectivity index (χ1) is 9.27. The van der Waals surface area contributed by atoms with Crippen LogP contribution >= 0.6 is 0 Å². The highest BCUT2D eigenvalue weighted by molar-refractivity contribution is 5.68. The Labute approximate surface area is 115 Å². The van der Waals surface area contributed by atoms with Crippen LogP contribution < -0.4 is 15.4 Å². The van der Waals surface area contributed by atoms with Gasteiger partial charge in [-0.1, -0.05) is 19.8 Å². The van der Waals surface area contributed by atoms with Crippen LogP contribution in [0.1, 0.15) is 46.0 Å². The lowest BCUT2D eigenvalue weighted by Crippen LogP contribution is -2.35. The first kappa shape index (κ1) is 13.9. The van der Waals surface area contributed by atoms with E-state index in [4.69, 9.17) is 10.5 Å². The molecule has 5 heteroatoms. The monoisotopic (exact) mass is 264 g/mol. The van der Waals surface area contributed by atoms with Crippen LogP contribution in [0.3, 0.4) is 0 Å². The molecule has 0 amide bonds. The summed E-state index contributed by atoms with van der Waals surface area (Å²) in [6.45, 7) is 5.75. The average molecular weight is 264 g/mol. The van der Waals surface area contributed by atoms with E-state index in [1.165, 1.54) is 25.7 Å². The first-order valence-electron chi connectivity index (χ1n) is 7.27. The maximum atomic E-state index is 6.18. The molecule has 0 aromatic carbocycles. The lowest BCUT2D eigenvalue weighted by molar-refractivity contribution is 0.328. The fourth-order valence-electron chi connectivity index (χ4n) is 2.73. The Morgan fingerprint density at radius 1 is 1.32 bits per heavy atom. The van der Waals surface area contributed by atoms with Gasteiger partial charge < -0.3 is 15.4 Å². The summed E-state index contributed by atoms with van der Waals surface area (Å²) in [4.78, 5) is 10.8. The summed E-state index contributed by atoms with van der Waals surface area (Å²) in [6, 6.07) is 0.522. The summed E-state index contributed by atoms with van der Waals surface area (Å²) in [6.07, 6.45) is 7.66. The minimum Gasteiger partial charge on any atom is -0.476 e. The van der Waals surface area contributed by atoms with Gasteiger partial charge in [-0.05, 0) is 26.2 Å². The van der Waals surface area contributed by atoms with Crippen LogP contribution in [0.25, 0.3) is 0 Å². The van der Waals surface area contributed by atoms with E-state index in [9.17, 15) is 0 Å². The van der Waals surface area contributed by atoms with Crippen LogP contribution in [0.5, 0.6) is 5.88 Å². The molecule has 2 heterocycles. The van der Waals surface area contributed by atoms with Gasteiger partial charge in [0.1, 0.15) is 12.0 Å². The molecule has 1 aromatic rings. The van der Waals surface area contributed by atoms with Crippen molar-refractivity contribution in [2.45, 2.75) is 52.0 Å². The minimum atomic E-state index is 0.506. The molecular formula is C14H24N4O. The van der Waals surface area contributed by atoms with Gasteiger partial charge >= 0.3 is 0 Å². The highest BCUT2D eigenvalue weighted by Crippen LogP contribution is 2.32. The number of rotatable bonds is 4. The third-order valence-corrected chi connectivity index (χ3v) is 3.73. The highest BCUT2D eigenvalue weighted by Gasteiger charge is 2.24. The predicted molar refractivity (Wildman–Crippen MR) is 77.5 cm³/mol. The third kappa shape index (κ3) is 3.08. The number of nitrogens with zero attached hydrogens (tertiary/aromatic N) is 3. The van der Waals surface area contributed by atoms with Gasteiger partial charge in [0.05, 0.1) is 6.61 Å². The van der Waals surface area contributed by atoms with Gasteiger partial charge in [-0.15, -0.1) is 0 Å². The van der Waals surface area contributed by atoms with Crippen molar-refractivity contribution in [1.29, 1.82) is 0 Å². The molecule has 1 aliphatic rings. The zero-order valence-electron chi connectivity index (χ0n) is 11.9. The van der Waals surface area contributed by atoms with Crippen molar-refractivity contribution < 1.29 is 4.74 Å². The van der Waals surface area contributed by atoms with Crippen molar-refractivity contribution in [1.82, 2.24) is 9.97 Å². The Bertz CT molecular complexity index is 410. The Balaban J connectivity index is 2.30. The van der Waals surface area contributed by atoms with Gasteiger partial charge in [-0.2, -0.15) is 4.98 Å². The second-order valence-corrected chi connectivity index (χ2v) is 4.95. The van der Waals surface area contributed by atoms with E-state index in [-0.39, 0.29) is 0 Å². The lowest BCUT2D eigenvalue weighted by Gasteiger charge is -2.31. The van der Waals surface area contributed by atoms with E-state index in [2.05, 4.69) is 21.8 Å². The van der Waals surface area contributed by atoms with Gasteiger partial charge in [0.2, 0.25) is 5.88 Å². The van der Waals surface area contributed by atoms with Crippen LogP contribution in [0.2, 0.25) is 0 Å². The van der Waals surface area contributed by atoms with E-state index in [1.54, 1.807) is 6.33 Å². The van der Waals surface area contributed by atoms with Gasteiger partial charge in [0.15, 0.2) is 5.82 Å². The van der Waals surface area contributed by atoms with Crippen molar-refractivity contribution in [3.05, 3.63) is 6.33 Å². The van der Waals surface area contributed by atoms with Gasteiger partial charge in [-0.3, -0.25) is 0 Å². The molecule has 1 aromatic heterocycles. The molecule has 0 spiro atoms. The Morgan fingerprint density at radius 3 is 2.89 bits per heavy atom. The highest BCUT2D eigenvalue weighted by atomic mass is 16.5. The normalized spacial score (nSPS) is 20.1. The lowest BCUT2D eigenvalue weighted by atomic mass is 10.1. The Hall–Kier alpha value is -1.52. The predicted octanol–water partition coefficient (Wildman–Crippen LogP) is 2.62. The summed E-state index contributed by atoms with van der Waals surface area (Å²) < 4.78 is 5.47. The molecule has 0 radical (unpaired) electrons. The minimum absolute atomic E-state index is 0.506. The zero-order valence-corrected chi connectivity index (χ0v) is 11.9. The number of anilines is 2. The van der Waals surface area contributed by atoms with E-state index >= 15 is 0 Å². The van der Waals surface area contributed by atoms with E-state index in [1.807, 2.05) is 6.92 Å². The molecule has 1 aliphatic heterocycles. The summed E-state index contributed by atoms with van der Waals surface area (Å²) in [5.41, 5.74) is 6.75. The summed E-state index contributed by atoms with van der Waals surface area (Å²) in [7, 11) is 0. The average Bonchev–Trinajstić information content (AvgIpc) is 2.66. The number of aromatic nitrogens is 2. The molecule has 19 heavy (non-hydrogen) atoms. The maximum absolute atomic E-state index is 6.18. The number of ether oxygens (including phenoxy) is 1. The first-order valence-corrected chi connectivity index (χ1v) is 7.27. The van der Waals surface area contributed by atoms with Crippen LogP contribution in [-0.2, 0) is 0 Å².